The number of hydrogen-bond acceptors (Lipinski definition) is 5. The van der Waals surface area contributed by atoms with E-state index in [4.69, 9.17) is 0 Å². The summed E-state index contributed by atoms with van der Waals surface area (Å²) in [6.45, 7) is 35.3. The molecule has 2 radical (unpaired) electrons. The smallest absolute Gasteiger partial charge is 0 e. The monoisotopic (exact) mass is 1200 g/mol. The Bertz CT molecular complexity index is 1560. The van der Waals surface area contributed by atoms with Gasteiger partial charge in [0.1, 0.15) is 0 Å². The zero-order chi connectivity index (χ0) is 41.4. The van der Waals surface area contributed by atoms with Gasteiger partial charge in [0.2, 0.25) is 0 Å². The summed E-state index contributed by atoms with van der Waals surface area (Å²) in [4.78, 5) is 21.6. The maximum atomic E-state index is 4.44. The zero-order valence-corrected chi connectivity index (χ0v) is 50.4. The molecule has 0 fully saturated rings. The maximum Gasteiger partial charge on any atom is 0 e. The number of allylic oxidation sites excluding steroid dienone is 4. The molecule has 63 heavy (non-hydrogen) atoms. The summed E-state index contributed by atoms with van der Waals surface area (Å²) in [6.07, 6.45) is 14.3. The molecule has 0 aromatic carbocycles. The van der Waals surface area contributed by atoms with Gasteiger partial charge in [-0.15, -0.1) is 18.5 Å². The van der Waals surface area contributed by atoms with Crippen molar-refractivity contribution in [1.29, 1.82) is 0 Å². The van der Waals surface area contributed by atoms with Crippen LogP contribution in [0.3, 0.4) is 0 Å². The molecule has 0 bridgehead atoms. The van der Waals surface area contributed by atoms with E-state index in [-0.39, 0.29) is 128 Å². The number of pyridine rings is 5. The predicted molar refractivity (Wildman–Crippen MR) is 274 cm³/mol. The maximum absolute atomic E-state index is 4.44. The van der Waals surface area contributed by atoms with Crippen LogP contribution in [0.15, 0.2) is 140 Å². The second-order valence-electron chi connectivity index (χ2n) is 8.83. The fraction of sp³-hybridized carbons (Fsp3) is 0.264. The van der Waals surface area contributed by atoms with Gasteiger partial charge in [0.25, 0.3) is 0 Å². The first-order chi connectivity index (χ1) is 26.7. The summed E-state index contributed by atoms with van der Waals surface area (Å²) < 4.78 is 0. The molecular weight excluding hydrogens is 1110 g/mol. The minimum atomic E-state index is 0. The van der Waals surface area contributed by atoms with Crippen molar-refractivity contribution in [1.82, 2.24) is 24.9 Å². The van der Waals surface area contributed by atoms with Crippen LogP contribution in [0.5, 0.6) is 0 Å². The molecule has 354 valence electrons. The largest absolute Gasteiger partial charge is 0 e. The van der Waals surface area contributed by atoms with Crippen LogP contribution in [0.4, 0.5) is 0 Å². The van der Waals surface area contributed by atoms with Gasteiger partial charge in [0, 0.05) is 68.4 Å². The first-order valence-electron chi connectivity index (χ1n) is 19.5. The van der Waals surface area contributed by atoms with Crippen LogP contribution in [0.25, 0.3) is 33.8 Å². The Labute approximate surface area is 456 Å². The molecule has 5 aromatic heterocycles. The fourth-order valence-corrected chi connectivity index (χ4v) is 3.77. The Morgan fingerprint density at radius 2 is 0.810 bits per heavy atom. The number of aromatic nitrogens is 5. The van der Waals surface area contributed by atoms with Crippen LogP contribution < -0.4 is 0 Å². The Hall–Kier alpha value is -2.39. The third-order valence-corrected chi connectivity index (χ3v) is 5.89. The standard InChI is InChI=1S/2C12H11N2.C12H10N2.6C2H6.5CH3.3Ru.Y.2H/c3*1-2-10-6-5-8-12(14-10)11-7-3-4-9-13-11;6*1-2;;;;;;;;;;;/h2*3-9H,1-2H2;2-9H,1H2;6*1-2H3;5*1H3;;;;;;/q2*-1;-2;;;;;;;5*-1;+2;+3;+4;;;. The second kappa shape index (κ2) is 68.7. The van der Waals surface area contributed by atoms with Gasteiger partial charge >= 0.3 is 58.4 Å². The number of nitrogens with zero attached hydrogens (tertiary/aromatic N) is 6. The summed E-state index contributed by atoms with van der Waals surface area (Å²) in [7, 11) is 0. The van der Waals surface area contributed by atoms with Gasteiger partial charge in [-0.1, -0.05) is 126 Å². The molecule has 6 rings (SSSR count). The van der Waals surface area contributed by atoms with Gasteiger partial charge in [-0.25, -0.2) is 13.0 Å². The summed E-state index contributed by atoms with van der Waals surface area (Å²) >= 11 is 0. The Morgan fingerprint density at radius 3 is 1.10 bits per heavy atom. The van der Waals surface area contributed by atoms with Crippen molar-refractivity contribution in [3.63, 3.8) is 0 Å². The summed E-state index contributed by atoms with van der Waals surface area (Å²) in [5.41, 5.74) is 8.25. The van der Waals surface area contributed by atoms with E-state index in [2.05, 4.69) is 51.0 Å². The van der Waals surface area contributed by atoms with Crippen LogP contribution >= 0.6 is 0 Å². The van der Waals surface area contributed by atoms with E-state index in [1.807, 2.05) is 192 Å². The Kier molecular flexibility index (Phi) is 99.3. The first-order valence-corrected chi connectivity index (χ1v) is 19.5. The average molecular weight is 1200 g/mol. The third kappa shape index (κ3) is 40.8. The molecule has 6 heterocycles. The average Bonchev–Trinajstić information content (AvgIpc) is 3.31. The van der Waals surface area contributed by atoms with E-state index in [0.29, 0.717) is 12.8 Å². The van der Waals surface area contributed by atoms with Crippen LogP contribution in [-0.4, -0.2) is 24.9 Å². The van der Waals surface area contributed by atoms with Gasteiger partial charge in [-0.3, -0.25) is 24.9 Å². The molecule has 0 saturated heterocycles. The third-order valence-electron chi connectivity index (χ3n) is 5.89. The van der Waals surface area contributed by atoms with E-state index in [0.717, 1.165) is 51.3 Å². The molecule has 0 atom stereocenters. The Morgan fingerprint density at radius 1 is 0.492 bits per heavy atom. The van der Waals surface area contributed by atoms with Gasteiger partial charge in [0.15, 0.2) is 0 Å². The predicted octanol–water partition coefficient (Wildman–Crippen LogP) is 16.0. The summed E-state index contributed by atoms with van der Waals surface area (Å²) in [6, 6.07) is 29.2. The molecule has 0 N–H and O–H groups in total. The quantitative estimate of drug-likeness (QED) is 0.129. The van der Waals surface area contributed by atoms with Crippen LogP contribution in [0, 0.1) is 57.9 Å². The van der Waals surface area contributed by atoms with Crippen molar-refractivity contribution >= 4 is 5.70 Å². The molecule has 0 spiro atoms. The zero-order valence-electron chi connectivity index (χ0n) is 42.1. The molecule has 0 unspecified atom stereocenters. The fourth-order valence-electron chi connectivity index (χ4n) is 3.77. The number of rotatable bonds is 5. The van der Waals surface area contributed by atoms with Gasteiger partial charge < -0.3 is 62.0 Å². The topological polar surface area (TPSA) is 78.5 Å². The SMILES string of the molecule is CC.CC.CC.CC.CC.CC.[CH2-]C=C1C=CC=C(c2ccccn2)[N-]1.[CH2-]Cc1cccc(-c2ccccn2)n1.[CH2-]Cc1cccc(-c2ccccn2)n1.[CH3-].[CH3-].[CH3-].[CH3-].[CH3-].[Ru+4].[RuH+2].[RuH+3].[Y]. The second-order valence-corrected chi connectivity index (χ2v) is 8.83. The van der Waals surface area contributed by atoms with Crippen LogP contribution in [-0.2, 0) is 104 Å². The molecule has 0 amide bonds. The van der Waals surface area contributed by atoms with Crippen molar-refractivity contribution in [3.8, 4) is 22.8 Å². The summed E-state index contributed by atoms with van der Waals surface area (Å²) in [5, 5.41) is 4.38. The molecule has 6 nitrogen and oxygen atoms in total. The van der Waals surface area contributed by atoms with Crippen LogP contribution in [0.1, 0.15) is 100 Å². The van der Waals surface area contributed by atoms with Crippen molar-refractivity contribution in [2.45, 2.75) is 95.9 Å². The van der Waals surface area contributed by atoms with Crippen molar-refractivity contribution in [2.75, 3.05) is 0 Å². The molecule has 1 aliphatic heterocycles. The van der Waals surface area contributed by atoms with E-state index < -0.39 is 0 Å². The van der Waals surface area contributed by atoms with Crippen molar-refractivity contribution < 1.29 is 91.1 Å². The van der Waals surface area contributed by atoms with E-state index in [1.165, 1.54) is 0 Å². The summed E-state index contributed by atoms with van der Waals surface area (Å²) in [5.74, 6) is 0. The van der Waals surface area contributed by atoms with Crippen LogP contribution in [0.2, 0.25) is 0 Å². The van der Waals surface area contributed by atoms with Gasteiger partial charge in [-0.05, 0) is 60.7 Å². The molecule has 10 heteroatoms. The minimum absolute atomic E-state index is 0. The molecule has 0 aliphatic carbocycles. The Balaban J connectivity index is -0.0000000519. The van der Waals surface area contributed by atoms with E-state index in [9.17, 15) is 0 Å². The van der Waals surface area contributed by atoms with Crippen molar-refractivity contribution in [3.05, 3.63) is 220 Å². The van der Waals surface area contributed by atoms with E-state index >= 15 is 0 Å². The number of hydrogen-bond donors (Lipinski definition) is 0. The normalized spacial score (nSPS) is 8.98. The first kappa shape index (κ1) is 91.1. The van der Waals surface area contributed by atoms with E-state index in [1.54, 1.807) is 24.7 Å². The van der Waals surface area contributed by atoms with Crippen molar-refractivity contribution in [2.24, 2.45) is 0 Å². The molecular formula is C53H85N6Ru3Y. The molecule has 1 aliphatic rings. The van der Waals surface area contributed by atoms with Gasteiger partial charge in [-0.2, -0.15) is 6.08 Å². The molecule has 0 saturated carbocycles. The minimum Gasteiger partial charge on any atom is 0 e. The molecule has 5 aromatic rings. The van der Waals surface area contributed by atoms with Gasteiger partial charge in [0.05, 0.1) is 22.8 Å².